The molecule has 0 aliphatic carbocycles. The molecule has 0 aromatic heterocycles. The Morgan fingerprint density at radius 2 is 1.75 bits per heavy atom. The smallest absolute Gasteiger partial charge is 0.365 e. The summed E-state index contributed by atoms with van der Waals surface area (Å²) >= 11 is 0. The van der Waals surface area contributed by atoms with Crippen molar-refractivity contribution >= 4 is 23.6 Å². The fourth-order valence-electron chi connectivity index (χ4n) is 2.54. The summed E-state index contributed by atoms with van der Waals surface area (Å²) in [5.41, 5.74) is 0.939. The molecular weight excluding hydrogens is 366 g/mol. The lowest BCUT2D eigenvalue weighted by Crippen LogP contribution is -2.41. The van der Waals surface area contributed by atoms with Crippen LogP contribution in [0.4, 0.5) is 0 Å². The molecule has 1 aliphatic rings. The lowest BCUT2D eigenvalue weighted by Gasteiger charge is -2.31. The first-order valence-corrected chi connectivity index (χ1v) is 8.79. The molecule has 0 saturated heterocycles. The van der Waals surface area contributed by atoms with Crippen molar-refractivity contribution in [3.8, 4) is 0 Å². The zero-order chi connectivity index (χ0) is 20.5. The number of benzene rings is 1. The van der Waals surface area contributed by atoms with Crippen molar-refractivity contribution in [1.82, 2.24) is 0 Å². The number of ether oxygens (including phenoxy) is 3. The van der Waals surface area contributed by atoms with Crippen molar-refractivity contribution in [3.63, 3.8) is 0 Å². The third kappa shape index (κ3) is 6.96. The molecule has 0 saturated carbocycles. The molecule has 0 fully saturated rings. The van der Waals surface area contributed by atoms with E-state index in [1.165, 1.54) is 13.8 Å². The Morgan fingerprint density at radius 3 is 2.39 bits per heavy atom. The van der Waals surface area contributed by atoms with Crippen LogP contribution in [0.5, 0.6) is 0 Å². The average molecular weight is 389 g/mol. The number of hydrogen-bond donors (Lipinski definition) is 0. The highest BCUT2D eigenvalue weighted by atomic mass is 16.7. The van der Waals surface area contributed by atoms with E-state index in [4.69, 9.17) is 19.0 Å². The van der Waals surface area contributed by atoms with E-state index in [9.17, 15) is 14.4 Å². The number of esters is 2. The lowest BCUT2D eigenvalue weighted by molar-refractivity contribution is -0.163. The van der Waals surface area contributed by atoms with Gasteiger partial charge in [-0.25, -0.2) is 4.79 Å². The van der Waals surface area contributed by atoms with Crippen molar-refractivity contribution in [1.29, 1.82) is 0 Å². The van der Waals surface area contributed by atoms with Crippen LogP contribution in [0.3, 0.4) is 0 Å². The monoisotopic (exact) mass is 389 g/mol. The van der Waals surface area contributed by atoms with Gasteiger partial charge in [0.25, 0.3) is 0 Å². The number of carbonyl (C=O) groups excluding carboxylic acids is 3. The van der Waals surface area contributed by atoms with Crippen LogP contribution in [0.1, 0.15) is 37.6 Å². The van der Waals surface area contributed by atoms with E-state index in [-0.39, 0.29) is 6.61 Å². The van der Waals surface area contributed by atoms with Crippen molar-refractivity contribution in [2.45, 2.75) is 45.5 Å². The summed E-state index contributed by atoms with van der Waals surface area (Å²) in [6.07, 6.45) is 2.08. The van der Waals surface area contributed by atoms with Crippen LogP contribution < -0.4 is 0 Å². The number of nitrogens with zero attached hydrogens (tertiary/aromatic N) is 1. The summed E-state index contributed by atoms with van der Waals surface area (Å²) in [5, 5.41) is 3.84. The topological polar surface area (TPSA) is 100 Å². The summed E-state index contributed by atoms with van der Waals surface area (Å²) in [5.74, 6) is -1.47. The normalized spacial score (nSPS) is 21.7. The maximum Gasteiger partial charge on any atom is 0.365 e. The first-order chi connectivity index (χ1) is 13.3. The molecule has 3 atom stereocenters. The summed E-state index contributed by atoms with van der Waals surface area (Å²) in [6.45, 7) is 4.23. The molecule has 2 rings (SSSR count). The Morgan fingerprint density at radius 1 is 1.04 bits per heavy atom. The first-order valence-electron chi connectivity index (χ1n) is 8.79. The third-order valence-corrected chi connectivity index (χ3v) is 3.77. The molecule has 8 heteroatoms. The first kappa shape index (κ1) is 21.3. The zero-order valence-electron chi connectivity index (χ0n) is 16.0. The predicted molar refractivity (Wildman–Crippen MR) is 99.6 cm³/mol. The molecule has 1 aliphatic heterocycles. The van der Waals surface area contributed by atoms with E-state index in [0.29, 0.717) is 17.7 Å². The van der Waals surface area contributed by atoms with E-state index in [1.54, 1.807) is 49.4 Å². The molecule has 28 heavy (non-hydrogen) atoms. The quantitative estimate of drug-likeness (QED) is 0.232. The van der Waals surface area contributed by atoms with Gasteiger partial charge in [-0.3, -0.25) is 9.59 Å². The second-order valence-corrected chi connectivity index (χ2v) is 6.25. The van der Waals surface area contributed by atoms with Gasteiger partial charge in [0, 0.05) is 20.3 Å². The van der Waals surface area contributed by atoms with Crippen LogP contribution in [0.2, 0.25) is 0 Å². The van der Waals surface area contributed by atoms with Gasteiger partial charge in [0.05, 0.1) is 17.4 Å². The van der Waals surface area contributed by atoms with E-state index >= 15 is 0 Å². The fourth-order valence-corrected chi connectivity index (χ4v) is 2.54. The second-order valence-electron chi connectivity index (χ2n) is 6.25. The van der Waals surface area contributed by atoms with Crippen molar-refractivity contribution in [2.75, 3.05) is 6.61 Å². The molecule has 8 nitrogen and oxygen atoms in total. The molecule has 0 N–H and O–H groups in total. The van der Waals surface area contributed by atoms with Gasteiger partial charge < -0.3 is 19.0 Å². The molecule has 150 valence electrons. The molecule has 0 amide bonds. The highest BCUT2D eigenvalue weighted by molar-refractivity contribution is 5.90. The van der Waals surface area contributed by atoms with Gasteiger partial charge in [0.15, 0.2) is 0 Å². The molecule has 0 radical (unpaired) electrons. The molecule has 1 aromatic rings. The van der Waals surface area contributed by atoms with Gasteiger partial charge in [-0.05, 0) is 25.1 Å². The Kier molecular flexibility index (Phi) is 7.88. The Labute approximate surface area is 163 Å². The van der Waals surface area contributed by atoms with Crippen molar-refractivity contribution in [2.24, 2.45) is 5.16 Å². The Hall–Kier alpha value is -3.00. The van der Waals surface area contributed by atoms with Gasteiger partial charge in [0.1, 0.15) is 18.8 Å². The lowest BCUT2D eigenvalue weighted by atomic mass is 10.1. The van der Waals surface area contributed by atoms with Gasteiger partial charge in [0.2, 0.25) is 0 Å². The SMILES string of the molecule is CC(=O)OCC1OC(C/C(C)=N/OC(=O)c2ccccc2)C=CC1OC(C)=O. The average Bonchev–Trinajstić information content (AvgIpc) is 2.66. The maximum atomic E-state index is 11.9. The molecule has 0 bridgehead atoms. The second kappa shape index (κ2) is 10.4. The molecule has 3 unspecified atom stereocenters. The predicted octanol–water partition coefficient (Wildman–Crippen LogP) is 2.43. The van der Waals surface area contributed by atoms with Crippen molar-refractivity contribution in [3.05, 3.63) is 48.0 Å². The Bertz CT molecular complexity index is 757. The molecule has 0 spiro atoms. The summed E-state index contributed by atoms with van der Waals surface area (Å²) in [4.78, 5) is 39.2. The standard InChI is InChI=1S/C20H23NO7/c1-13(21-28-20(24)16-7-5-4-6-8-16)11-17-9-10-18(26-15(3)23)19(27-17)12-25-14(2)22/h4-10,17-19H,11-12H2,1-3H3/b21-13+. The highest BCUT2D eigenvalue weighted by Gasteiger charge is 2.30. The summed E-state index contributed by atoms with van der Waals surface area (Å²) < 4.78 is 16.0. The van der Waals surface area contributed by atoms with Crippen LogP contribution >= 0.6 is 0 Å². The van der Waals surface area contributed by atoms with Gasteiger partial charge >= 0.3 is 17.9 Å². The minimum absolute atomic E-state index is 0.0483. The molecular formula is C20H23NO7. The zero-order valence-corrected chi connectivity index (χ0v) is 16.0. The highest BCUT2D eigenvalue weighted by Crippen LogP contribution is 2.19. The van der Waals surface area contributed by atoms with E-state index < -0.39 is 36.2 Å². The van der Waals surface area contributed by atoms with Crippen LogP contribution in [0.15, 0.2) is 47.6 Å². The van der Waals surface area contributed by atoms with Crippen LogP contribution in [0, 0.1) is 0 Å². The minimum atomic E-state index is -0.652. The largest absolute Gasteiger partial charge is 0.463 e. The molecule has 1 heterocycles. The number of carbonyl (C=O) groups is 3. The van der Waals surface area contributed by atoms with Crippen LogP contribution in [-0.2, 0) is 28.6 Å². The third-order valence-electron chi connectivity index (χ3n) is 3.77. The molecule has 1 aromatic carbocycles. The van der Waals surface area contributed by atoms with Gasteiger partial charge in [-0.1, -0.05) is 29.4 Å². The van der Waals surface area contributed by atoms with Crippen LogP contribution in [-0.4, -0.2) is 48.5 Å². The van der Waals surface area contributed by atoms with Gasteiger partial charge in [-0.15, -0.1) is 0 Å². The van der Waals surface area contributed by atoms with E-state index in [0.717, 1.165) is 0 Å². The number of hydrogen-bond acceptors (Lipinski definition) is 8. The minimum Gasteiger partial charge on any atom is -0.463 e. The summed E-state index contributed by atoms with van der Waals surface area (Å²) in [7, 11) is 0. The van der Waals surface area contributed by atoms with Crippen LogP contribution in [0.25, 0.3) is 0 Å². The van der Waals surface area contributed by atoms with Gasteiger partial charge in [-0.2, -0.15) is 0 Å². The number of rotatable bonds is 7. The van der Waals surface area contributed by atoms with E-state index in [1.807, 2.05) is 0 Å². The Balaban J connectivity index is 1.95. The van der Waals surface area contributed by atoms with Crippen molar-refractivity contribution < 1.29 is 33.4 Å². The number of oxime groups is 1. The fraction of sp³-hybridized carbons (Fsp3) is 0.400. The van der Waals surface area contributed by atoms with E-state index in [2.05, 4.69) is 5.16 Å². The maximum absolute atomic E-state index is 11.9. The summed E-state index contributed by atoms with van der Waals surface area (Å²) in [6, 6.07) is 8.53.